The minimum atomic E-state index is -0.507. The predicted octanol–water partition coefficient (Wildman–Crippen LogP) is 3.29. The number of carbonyl (C=O) groups is 1. The summed E-state index contributed by atoms with van der Waals surface area (Å²) in [5.74, 6) is 0.326. The van der Waals surface area contributed by atoms with E-state index in [1.807, 2.05) is 36.7 Å². The van der Waals surface area contributed by atoms with Crippen LogP contribution < -0.4 is 9.54 Å². The Balaban J connectivity index is 1.98. The van der Waals surface area contributed by atoms with Gasteiger partial charge in [0, 0.05) is 24.7 Å². The van der Waals surface area contributed by atoms with E-state index in [-0.39, 0.29) is 5.69 Å². The number of nitrogens with zero attached hydrogens (tertiary/aromatic N) is 3. The van der Waals surface area contributed by atoms with E-state index in [1.54, 1.807) is 0 Å². The lowest BCUT2D eigenvalue weighted by molar-refractivity contribution is -0.384. The number of aromatic nitrogens is 1. The number of nitro benzene ring substituents is 1. The highest BCUT2D eigenvalue weighted by molar-refractivity contribution is 7.16. The van der Waals surface area contributed by atoms with Crippen molar-refractivity contribution in [3.05, 3.63) is 62.9 Å². The van der Waals surface area contributed by atoms with E-state index >= 15 is 0 Å². The Kier molecular flexibility index (Phi) is 4.62. The fraction of sp³-hybridized carbons (Fsp3) is 0.176. The topological polar surface area (TPSA) is 86.7 Å². The molecule has 0 saturated heterocycles. The zero-order valence-corrected chi connectivity index (χ0v) is 14.4. The number of amides is 1. The van der Waals surface area contributed by atoms with E-state index < -0.39 is 10.8 Å². The van der Waals surface area contributed by atoms with Gasteiger partial charge in [0.1, 0.15) is 5.75 Å². The summed E-state index contributed by atoms with van der Waals surface area (Å²) in [4.78, 5) is 27.2. The Bertz CT molecular complexity index is 1020. The van der Waals surface area contributed by atoms with Gasteiger partial charge in [-0.3, -0.25) is 14.9 Å². The van der Waals surface area contributed by atoms with E-state index in [0.29, 0.717) is 17.0 Å². The summed E-state index contributed by atoms with van der Waals surface area (Å²) in [6.07, 6.45) is 0. The molecule has 0 aliphatic carbocycles. The van der Waals surface area contributed by atoms with Crippen molar-refractivity contribution in [2.75, 3.05) is 6.61 Å². The molecule has 3 aromatic rings. The molecule has 128 valence electrons. The molecule has 25 heavy (non-hydrogen) atoms. The first-order valence-electron chi connectivity index (χ1n) is 7.55. The van der Waals surface area contributed by atoms with Gasteiger partial charge in [0.15, 0.2) is 4.80 Å². The fourth-order valence-corrected chi connectivity index (χ4v) is 3.40. The maximum atomic E-state index is 12.3. The average molecular weight is 357 g/mol. The van der Waals surface area contributed by atoms with Crippen LogP contribution in [0.2, 0.25) is 0 Å². The molecule has 3 rings (SSSR count). The summed E-state index contributed by atoms with van der Waals surface area (Å²) in [6.45, 7) is 2.50. The van der Waals surface area contributed by atoms with Crippen molar-refractivity contribution in [1.29, 1.82) is 0 Å². The normalized spacial score (nSPS) is 11.7. The lowest BCUT2D eigenvalue weighted by Crippen LogP contribution is -2.13. The Hall–Kier alpha value is -3.00. The van der Waals surface area contributed by atoms with Crippen LogP contribution >= 0.6 is 11.3 Å². The number of non-ortho nitro benzene ring substituents is 1. The van der Waals surface area contributed by atoms with Crippen molar-refractivity contribution < 1.29 is 14.5 Å². The summed E-state index contributed by atoms with van der Waals surface area (Å²) in [6, 6.07) is 11.1. The maximum absolute atomic E-state index is 12.3. The molecule has 0 fully saturated rings. The van der Waals surface area contributed by atoms with Gasteiger partial charge in [-0.25, -0.2) is 0 Å². The molecule has 8 heteroatoms. The number of aryl methyl sites for hydroxylation is 1. The first-order chi connectivity index (χ1) is 12.0. The van der Waals surface area contributed by atoms with Crippen LogP contribution in [-0.4, -0.2) is 22.0 Å². The Labute approximate surface area is 147 Å². The van der Waals surface area contributed by atoms with E-state index in [1.165, 1.54) is 35.6 Å². The van der Waals surface area contributed by atoms with Crippen LogP contribution in [0.1, 0.15) is 17.3 Å². The zero-order chi connectivity index (χ0) is 18.0. The number of benzene rings is 2. The summed E-state index contributed by atoms with van der Waals surface area (Å²) in [5.41, 5.74) is 1.19. The first-order valence-corrected chi connectivity index (χ1v) is 8.37. The summed E-state index contributed by atoms with van der Waals surface area (Å²) in [5, 5.41) is 10.7. The SMILES string of the molecule is CCOc1ccc2c(c1)sc(=NC(=O)c1ccc([N+](=O)[O-])cc1)n2C. The third kappa shape index (κ3) is 3.43. The monoisotopic (exact) mass is 357 g/mol. The number of rotatable bonds is 4. The molecule has 1 amide bonds. The minimum absolute atomic E-state index is 0.0626. The highest BCUT2D eigenvalue weighted by Gasteiger charge is 2.10. The number of ether oxygens (including phenoxy) is 1. The summed E-state index contributed by atoms with van der Waals surface area (Å²) in [7, 11) is 1.83. The predicted molar refractivity (Wildman–Crippen MR) is 95.0 cm³/mol. The van der Waals surface area contributed by atoms with Crippen LogP contribution in [0.25, 0.3) is 10.2 Å². The molecule has 0 spiro atoms. The quantitative estimate of drug-likeness (QED) is 0.529. The number of carbonyl (C=O) groups excluding carboxylic acids is 1. The van der Waals surface area contributed by atoms with E-state index in [2.05, 4.69) is 4.99 Å². The van der Waals surface area contributed by atoms with Gasteiger partial charge in [-0.1, -0.05) is 11.3 Å². The van der Waals surface area contributed by atoms with E-state index in [9.17, 15) is 14.9 Å². The molecule has 7 nitrogen and oxygen atoms in total. The summed E-state index contributed by atoms with van der Waals surface area (Å²) < 4.78 is 8.28. The van der Waals surface area contributed by atoms with Crippen LogP contribution in [0.5, 0.6) is 5.75 Å². The van der Waals surface area contributed by atoms with Crippen molar-refractivity contribution in [2.45, 2.75) is 6.92 Å². The van der Waals surface area contributed by atoms with Gasteiger partial charge in [-0.15, -0.1) is 0 Å². The number of fused-ring (bicyclic) bond motifs is 1. The van der Waals surface area contributed by atoms with Crippen molar-refractivity contribution in [2.24, 2.45) is 12.0 Å². The second-order valence-corrected chi connectivity index (χ2v) is 6.24. The molecule has 1 aromatic heterocycles. The van der Waals surface area contributed by atoms with E-state index in [0.717, 1.165) is 16.0 Å². The molecule has 0 aliphatic heterocycles. The van der Waals surface area contributed by atoms with Crippen LogP contribution in [0.4, 0.5) is 5.69 Å². The van der Waals surface area contributed by atoms with Gasteiger partial charge in [0.25, 0.3) is 11.6 Å². The molecule has 0 radical (unpaired) electrons. The minimum Gasteiger partial charge on any atom is -0.494 e. The third-order valence-electron chi connectivity index (χ3n) is 3.61. The number of hydrogen-bond acceptors (Lipinski definition) is 5. The fourth-order valence-electron chi connectivity index (χ4n) is 2.35. The lowest BCUT2D eigenvalue weighted by atomic mass is 10.2. The largest absolute Gasteiger partial charge is 0.494 e. The third-order valence-corrected chi connectivity index (χ3v) is 4.71. The zero-order valence-electron chi connectivity index (χ0n) is 13.6. The molecule has 0 bridgehead atoms. The number of thiazole rings is 1. The second kappa shape index (κ2) is 6.86. The average Bonchev–Trinajstić information content (AvgIpc) is 2.90. The molecule has 2 aromatic carbocycles. The molecular formula is C17H15N3O4S. The highest BCUT2D eigenvalue weighted by Crippen LogP contribution is 2.23. The number of nitro groups is 1. The van der Waals surface area contributed by atoms with E-state index in [4.69, 9.17) is 4.74 Å². The first kappa shape index (κ1) is 16.8. The molecule has 1 heterocycles. The molecule has 0 N–H and O–H groups in total. The van der Waals surface area contributed by atoms with Crippen LogP contribution in [0, 0.1) is 10.1 Å². The van der Waals surface area contributed by atoms with Gasteiger partial charge >= 0.3 is 0 Å². The van der Waals surface area contributed by atoms with Crippen molar-refractivity contribution >= 4 is 33.1 Å². The van der Waals surface area contributed by atoms with Gasteiger partial charge < -0.3 is 9.30 Å². The Morgan fingerprint density at radius 1 is 1.28 bits per heavy atom. The highest BCUT2D eigenvalue weighted by atomic mass is 32.1. The molecule has 0 unspecified atom stereocenters. The van der Waals surface area contributed by atoms with Crippen molar-refractivity contribution in [3.8, 4) is 5.75 Å². The van der Waals surface area contributed by atoms with Crippen LogP contribution in [0.15, 0.2) is 47.5 Å². The number of hydrogen-bond donors (Lipinski definition) is 0. The van der Waals surface area contributed by atoms with Gasteiger partial charge in [-0.2, -0.15) is 4.99 Å². The second-order valence-electron chi connectivity index (χ2n) is 5.23. The van der Waals surface area contributed by atoms with Crippen LogP contribution in [0.3, 0.4) is 0 Å². The van der Waals surface area contributed by atoms with Gasteiger partial charge in [0.05, 0.1) is 21.7 Å². The smallest absolute Gasteiger partial charge is 0.279 e. The van der Waals surface area contributed by atoms with Gasteiger partial charge in [0.2, 0.25) is 0 Å². The maximum Gasteiger partial charge on any atom is 0.279 e. The Morgan fingerprint density at radius 3 is 2.64 bits per heavy atom. The van der Waals surface area contributed by atoms with Crippen molar-refractivity contribution in [3.63, 3.8) is 0 Å². The van der Waals surface area contributed by atoms with Crippen molar-refractivity contribution in [1.82, 2.24) is 4.57 Å². The van der Waals surface area contributed by atoms with Crippen LogP contribution in [-0.2, 0) is 7.05 Å². The molecular weight excluding hydrogens is 342 g/mol. The molecule has 0 atom stereocenters. The lowest BCUT2D eigenvalue weighted by Gasteiger charge is -2.02. The van der Waals surface area contributed by atoms with Gasteiger partial charge in [-0.05, 0) is 37.3 Å². The standard InChI is InChI=1S/C17H15N3O4S/c1-3-24-13-8-9-14-15(10-13)25-17(19(14)2)18-16(21)11-4-6-12(7-5-11)20(22)23/h4-10H,3H2,1-2H3. The molecule has 0 saturated carbocycles. The molecule has 0 aliphatic rings. The Morgan fingerprint density at radius 2 is 2.00 bits per heavy atom. The summed E-state index contributed by atoms with van der Waals surface area (Å²) >= 11 is 1.38.